The molecule has 1 atom stereocenters. The van der Waals surface area contributed by atoms with Crippen molar-refractivity contribution in [1.82, 2.24) is 0 Å². The minimum atomic E-state index is 0.202. The van der Waals surface area contributed by atoms with Crippen molar-refractivity contribution in [3.05, 3.63) is 12.2 Å². The van der Waals surface area contributed by atoms with Gasteiger partial charge in [-0.2, -0.15) is 0 Å². The Morgan fingerprint density at radius 1 is 1.33 bits per heavy atom. The molecule has 1 unspecified atom stereocenters. The second-order valence-corrected chi connectivity index (χ2v) is 4.68. The van der Waals surface area contributed by atoms with Gasteiger partial charge >= 0.3 is 0 Å². The summed E-state index contributed by atoms with van der Waals surface area (Å²) in [5.41, 5.74) is 6.18. The van der Waals surface area contributed by atoms with Crippen LogP contribution >= 0.6 is 0 Å². The van der Waals surface area contributed by atoms with Crippen molar-refractivity contribution < 1.29 is 4.79 Å². The van der Waals surface area contributed by atoms with Gasteiger partial charge in [0.15, 0.2) is 5.78 Å². The molecule has 0 heterocycles. The molecule has 0 amide bonds. The molecule has 0 radical (unpaired) electrons. The Balaban J connectivity index is 3.95. The third kappa shape index (κ3) is 6.45. The normalized spacial score (nSPS) is 12.9. The van der Waals surface area contributed by atoms with E-state index in [0.717, 1.165) is 25.8 Å². The minimum absolute atomic E-state index is 0.202. The Bertz CT molecular complexity index is 209. The van der Waals surface area contributed by atoms with Crippen molar-refractivity contribution in [2.75, 3.05) is 6.54 Å². The van der Waals surface area contributed by atoms with Crippen molar-refractivity contribution in [3.8, 4) is 0 Å². The lowest BCUT2D eigenvalue weighted by atomic mass is 9.86. The Morgan fingerprint density at radius 3 is 2.33 bits per heavy atom. The number of nitrogens with two attached hydrogens (primary N) is 1. The lowest BCUT2D eigenvalue weighted by Gasteiger charge is -2.20. The number of hydrogen-bond acceptors (Lipinski definition) is 2. The summed E-state index contributed by atoms with van der Waals surface area (Å²) < 4.78 is 0. The Morgan fingerprint density at radius 2 is 1.93 bits per heavy atom. The fraction of sp³-hybridized carbons (Fsp3) is 0.769. The lowest BCUT2D eigenvalue weighted by molar-refractivity contribution is -0.115. The number of carbonyl (C=O) groups is 1. The van der Waals surface area contributed by atoms with Crippen LogP contribution in [0.5, 0.6) is 0 Å². The van der Waals surface area contributed by atoms with Crippen LogP contribution in [-0.4, -0.2) is 12.3 Å². The summed E-state index contributed by atoms with van der Waals surface area (Å²) in [6, 6.07) is 0. The maximum atomic E-state index is 11.4. The molecule has 2 N–H and O–H groups in total. The zero-order valence-electron chi connectivity index (χ0n) is 10.4. The van der Waals surface area contributed by atoms with E-state index in [1.807, 2.05) is 0 Å². The van der Waals surface area contributed by atoms with Gasteiger partial charge < -0.3 is 5.73 Å². The molecule has 0 aromatic carbocycles. The van der Waals surface area contributed by atoms with E-state index in [4.69, 9.17) is 5.73 Å². The number of ketones is 1. The number of hydrogen-bond donors (Lipinski definition) is 1. The molecule has 0 spiro atoms. The Labute approximate surface area is 93.9 Å². The summed E-state index contributed by atoms with van der Waals surface area (Å²) in [5.74, 6) is 1.46. The van der Waals surface area contributed by atoms with Crippen LogP contribution in [0.2, 0.25) is 0 Å². The van der Waals surface area contributed by atoms with Crippen molar-refractivity contribution in [2.45, 2.75) is 46.5 Å². The molecule has 0 aliphatic rings. The maximum absolute atomic E-state index is 11.4. The topological polar surface area (TPSA) is 43.1 Å². The van der Waals surface area contributed by atoms with Crippen LogP contribution in [-0.2, 0) is 4.79 Å². The second kappa shape index (κ2) is 7.63. The van der Waals surface area contributed by atoms with Gasteiger partial charge in [-0.3, -0.25) is 4.79 Å². The average molecular weight is 211 g/mol. The largest absolute Gasteiger partial charge is 0.330 e. The smallest absolute Gasteiger partial charge is 0.157 e. The molecule has 2 heteroatoms. The first-order valence-electron chi connectivity index (χ1n) is 5.87. The van der Waals surface area contributed by atoms with E-state index in [2.05, 4.69) is 20.4 Å². The molecule has 0 aliphatic carbocycles. The van der Waals surface area contributed by atoms with E-state index < -0.39 is 0 Å². The highest BCUT2D eigenvalue weighted by Crippen LogP contribution is 2.22. The number of carbonyl (C=O) groups excluding carboxylic acids is 1. The van der Waals surface area contributed by atoms with Gasteiger partial charge in [-0.25, -0.2) is 0 Å². The molecule has 0 saturated heterocycles. The van der Waals surface area contributed by atoms with Crippen molar-refractivity contribution >= 4 is 5.78 Å². The molecule has 0 rings (SSSR count). The van der Waals surface area contributed by atoms with Gasteiger partial charge in [-0.1, -0.05) is 20.4 Å². The third-order valence-electron chi connectivity index (χ3n) is 2.94. The molecule has 88 valence electrons. The Hall–Kier alpha value is -0.630. The van der Waals surface area contributed by atoms with Gasteiger partial charge in [0.2, 0.25) is 0 Å². The van der Waals surface area contributed by atoms with Gasteiger partial charge in [-0.05, 0) is 50.1 Å². The van der Waals surface area contributed by atoms with Crippen LogP contribution in [0.3, 0.4) is 0 Å². The molecule has 2 nitrogen and oxygen atoms in total. The first kappa shape index (κ1) is 14.4. The van der Waals surface area contributed by atoms with Gasteiger partial charge in [0, 0.05) is 6.42 Å². The lowest BCUT2D eigenvalue weighted by Crippen LogP contribution is -2.13. The predicted molar refractivity (Wildman–Crippen MR) is 65.7 cm³/mol. The molecule has 0 bridgehead atoms. The zero-order chi connectivity index (χ0) is 11.8. The van der Waals surface area contributed by atoms with E-state index in [1.54, 1.807) is 6.92 Å². The summed E-state index contributed by atoms with van der Waals surface area (Å²) in [5, 5.41) is 0. The monoisotopic (exact) mass is 211 g/mol. The van der Waals surface area contributed by atoms with E-state index in [1.165, 1.54) is 0 Å². The molecule has 0 aromatic rings. The highest BCUT2D eigenvalue weighted by molar-refractivity contribution is 5.94. The van der Waals surface area contributed by atoms with Gasteiger partial charge in [0.05, 0.1) is 0 Å². The van der Waals surface area contributed by atoms with Gasteiger partial charge in [0.25, 0.3) is 0 Å². The molecule has 0 fully saturated rings. The number of Topliss-reactive ketones (excluding diaryl/α,β-unsaturated/α-hetero) is 1. The summed E-state index contributed by atoms with van der Waals surface area (Å²) in [6.45, 7) is 10.6. The van der Waals surface area contributed by atoms with Crippen LogP contribution in [0.15, 0.2) is 12.2 Å². The van der Waals surface area contributed by atoms with E-state index >= 15 is 0 Å². The predicted octanol–water partition coefficient (Wildman–Crippen LogP) is 2.92. The molecular weight excluding hydrogens is 186 g/mol. The van der Waals surface area contributed by atoms with E-state index in [0.29, 0.717) is 23.8 Å². The third-order valence-corrected chi connectivity index (χ3v) is 2.94. The quantitative estimate of drug-likeness (QED) is 0.627. The Kier molecular flexibility index (Phi) is 7.31. The highest BCUT2D eigenvalue weighted by Gasteiger charge is 2.14. The van der Waals surface area contributed by atoms with Crippen LogP contribution in [0, 0.1) is 11.8 Å². The molecular formula is C13H25NO. The fourth-order valence-corrected chi connectivity index (χ4v) is 1.72. The SMILES string of the molecule is C=C(C)C(=O)CCC(CCCN)C(C)C. The van der Waals surface area contributed by atoms with Crippen molar-refractivity contribution in [3.63, 3.8) is 0 Å². The van der Waals surface area contributed by atoms with Crippen LogP contribution < -0.4 is 5.73 Å². The van der Waals surface area contributed by atoms with E-state index in [-0.39, 0.29) is 5.78 Å². The number of rotatable bonds is 8. The second-order valence-electron chi connectivity index (χ2n) is 4.68. The van der Waals surface area contributed by atoms with Crippen LogP contribution in [0.4, 0.5) is 0 Å². The summed E-state index contributed by atoms with van der Waals surface area (Å²) >= 11 is 0. The first-order valence-corrected chi connectivity index (χ1v) is 5.87. The van der Waals surface area contributed by atoms with Gasteiger partial charge in [0.1, 0.15) is 0 Å². The molecule has 15 heavy (non-hydrogen) atoms. The minimum Gasteiger partial charge on any atom is -0.330 e. The van der Waals surface area contributed by atoms with Gasteiger partial charge in [-0.15, -0.1) is 0 Å². The zero-order valence-corrected chi connectivity index (χ0v) is 10.4. The first-order chi connectivity index (χ1) is 6.99. The molecule has 0 saturated carbocycles. The summed E-state index contributed by atoms with van der Waals surface area (Å²) in [7, 11) is 0. The molecule has 0 aliphatic heterocycles. The molecule has 0 aromatic heterocycles. The van der Waals surface area contributed by atoms with Crippen molar-refractivity contribution in [2.24, 2.45) is 17.6 Å². The fourth-order valence-electron chi connectivity index (χ4n) is 1.72. The summed E-state index contributed by atoms with van der Waals surface area (Å²) in [4.78, 5) is 11.4. The average Bonchev–Trinajstić information content (AvgIpc) is 2.16. The number of allylic oxidation sites excluding steroid dienone is 1. The van der Waals surface area contributed by atoms with Crippen LogP contribution in [0.25, 0.3) is 0 Å². The maximum Gasteiger partial charge on any atom is 0.157 e. The highest BCUT2D eigenvalue weighted by atomic mass is 16.1. The van der Waals surface area contributed by atoms with E-state index in [9.17, 15) is 4.79 Å². The standard InChI is InChI=1S/C13H25NO/c1-10(2)12(6-5-9-14)7-8-13(15)11(3)4/h10,12H,3,5-9,14H2,1-2,4H3. The van der Waals surface area contributed by atoms with Crippen LogP contribution in [0.1, 0.15) is 46.5 Å². The van der Waals surface area contributed by atoms with Crippen molar-refractivity contribution in [1.29, 1.82) is 0 Å². The summed E-state index contributed by atoms with van der Waals surface area (Å²) in [6.07, 6.45) is 3.81.